The Balaban J connectivity index is 1.75. The highest BCUT2D eigenvalue weighted by Gasteiger charge is 2.14. The average Bonchev–Trinajstić information content (AvgIpc) is 2.82. The number of nitrogens with one attached hydrogen (secondary N) is 2. The third kappa shape index (κ3) is 5.15. The molecule has 0 saturated heterocycles. The second-order valence-electron chi connectivity index (χ2n) is 6.33. The van der Waals surface area contributed by atoms with Crippen LogP contribution < -0.4 is 10.0 Å². The summed E-state index contributed by atoms with van der Waals surface area (Å²) in [5.74, 6) is -0.109. The van der Waals surface area contributed by atoms with Crippen LogP contribution in [0, 0.1) is 20.8 Å². The van der Waals surface area contributed by atoms with Gasteiger partial charge in [0.15, 0.2) is 0 Å². The standard InChI is InChI=1S/C18H26N4O3S/c1-13-5-7-16(8-6-13)26(24,25)20-12-11-19-18(23)10-9-17-14(2)21-22(4)15(17)3/h5-8,20H,9-12H2,1-4H3,(H,19,23). The molecular weight excluding hydrogens is 352 g/mol. The second kappa shape index (κ2) is 8.46. The summed E-state index contributed by atoms with van der Waals surface area (Å²) >= 11 is 0. The van der Waals surface area contributed by atoms with Crippen molar-refractivity contribution < 1.29 is 13.2 Å². The Bertz CT molecular complexity index is 871. The molecule has 0 unspecified atom stereocenters. The minimum absolute atomic E-state index is 0.109. The highest BCUT2D eigenvalue weighted by Crippen LogP contribution is 2.14. The first-order valence-electron chi connectivity index (χ1n) is 8.53. The fourth-order valence-corrected chi connectivity index (χ4v) is 3.73. The van der Waals surface area contributed by atoms with Gasteiger partial charge in [0.1, 0.15) is 0 Å². The number of nitrogens with zero attached hydrogens (tertiary/aromatic N) is 2. The minimum atomic E-state index is -3.55. The highest BCUT2D eigenvalue weighted by molar-refractivity contribution is 7.89. The molecule has 0 radical (unpaired) electrons. The summed E-state index contributed by atoms with van der Waals surface area (Å²) < 4.78 is 28.6. The van der Waals surface area contributed by atoms with Crippen molar-refractivity contribution in [3.63, 3.8) is 0 Å². The number of carbonyl (C=O) groups excluding carboxylic acids is 1. The molecule has 8 heteroatoms. The fraction of sp³-hybridized carbons (Fsp3) is 0.444. The van der Waals surface area contributed by atoms with Crippen LogP contribution >= 0.6 is 0 Å². The van der Waals surface area contributed by atoms with Crippen molar-refractivity contribution in [3.05, 3.63) is 46.8 Å². The van der Waals surface area contributed by atoms with E-state index in [1.165, 1.54) is 0 Å². The van der Waals surface area contributed by atoms with Gasteiger partial charge in [-0.05, 0) is 44.9 Å². The molecule has 0 fully saturated rings. The number of sulfonamides is 1. The Hall–Kier alpha value is -2.19. The van der Waals surface area contributed by atoms with Crippen LogP contribution in [0.5, 0.6) is 0 Å². The van der Waals surface area contributed by atoms with Gasteiger partial charge in [-0.2, -0.15) is 5.10 Å². The van der Waals surface area contributed by atoms with Crippen molar-refractivity contribution in [1.29, 1.82) is 0 Å². The largest absolute Gasteiger partial charge is 0.355 e. The van der Waals surface area contributed by atoms with Crippen molar-refractivity contribution in [2.24, 2.45) is 7.05 Å². The molecule has 2 aromatic rings. The molecule has 1 aromatic heterocycles. The molecule has 7 nitrogen and oxygen atoms in total. The van der Waals surface area contributed by atoms with Crippen LogP contribution in [0.2, 0.25) is 0 Å². The van der Waals surface area contributed by atoms with Crippen LogP contribution in [0.4, 0.5) is 0 Å². The Morgan fingerprint density at radius 2 is 1.77 bits per heavy atom. The first-order valence-corrected chi connectivity index (χ1v) is 10.0. The van der Waals surface area contributed by atoms with Crippen LogP contribution in [-0.2, 0) is 28.3 Å². The molecule has 1 heterocycles. The lowest BCUT2D eigenvalue weighted by Crippen LogP contribution is -2.34. The molecular formula is C18H26N4O3S. The molecule has 0 saturated carbocycles. The molecule has 2 N–H and O–H groups in total. The molecule has 26 heavy (non-hydrogen) atoms. The van der Waals surface area contributed by atoms with Gasteiger partial charge in [0.2, 0.25) is 15.9 Å². The zero-order chi connectivity index (χ0) is 19.3. The van der Waals surface area contributed by atoms with E-state index in [1.54, 1.807) is 24.3 Å². The zero-order valence-electron chi connectivity index (χ0n) is 15.7. The number of aromatic nitrogens is 2. The molecule has 2 rings (SSSR count). The summed E-state index contributed by atoms with van der Waals surface area (Å²) in [5.41, 5.74) is 4.07. The lowest BCUT2D eigenvalue weighted by molar-refractivity contribution is -0.121. The van der Waals surface area contributed by atoms with Gasteiger partial charge in [0.25, 0.3) is 0 Å². The number of hydrogen-bond donors (Lipinski definition) is 2. The lowest BCUT2D eigenvalue weighted by Gasteiger charge is -2.08. The number of rotatable bonds is 8. The van der Waals surface area contributed by atoms with Gasteiger partial charge < -0.3 is 5.32 Å². The number of aryl methyl sites for hydroxylation is 3. The van der Waals surface area contributed by atoms with Crippen molar-refractivity contribution in [1.82, 2.24) is 19.8 Å². The van der Waals surface area contributed by atoms with E-state index in [0.717, 1.165) is 22.5 Å². The Morgan fingerprint density at radius 1 is 1.12 bits per heavy atom. The van der Waals surface area contributed by atoms with E-state index in [2.05, 4.69) is 15.1 Å². The van der Waals surface area contributed by atoms with E-state index in [9.17, 15) is 13.2 Å². The second-order valence-corrected chi connectivity index (χ2v) is 8.10. The smallest absolute Gasteiger partial charge is 0.240 e. The highest BCUT2D eigenvalue weighted by atomic mass is 32.2. The third-order valence-electron chi connectivity index (χ3n) is 4.33. The van der Waals surface area contributed by atoms with Gasteiger partial charge in [-0.1, -0.05) is 17.7 Å². The van der Waals surface area contributed by atoms with Crippen molar-refractivity contribution in [2.75, 3.05) is 13.1 Å². The van der Waals surface area contributed by atoms with E-state index in [1.807, 2.05) is 32.5 Å². The van der Waals surface area contributed by atoms with Crippen molar-refractivity contribution >= 4 is 15.9 Å². The quantitative estimate of drug-likeness (QED) is 0.679. The Morgan fingerprint density at radius 3 is 2.35 bits per heavy atom. The monoisotopic (exact) mass is 378 g/mol. The summed E-state index contributed by atoms with van der Waals surface area (Å²) in [6.07, 6.45) is 0.963. The number of amides is 1. The Labute approximate surface area is 154 Å². The Kier molecular flexibility index (Phi) is 6.55. The molecule has 0 aliphatic rings. The van der Waals surface area contributed by atoms with Crippen LogP contribution in [0.25, 0.3) is 0 Å². The molecule has 0 spiro atoms. The molecule has 142 valence electrons. The van der Waals surface area contributed by atoms with Gasteiger partial charge in [-0.25, -0.2) is 13.1 Å². The summed E-state index contributed by atoms with van der Waals surface area (Å²) in [5, 5.41) is 7.07. The maximum absolute atomic E-state index is 12.1. The summed E-state index contributed by atoms with van der Waals surface area (Å²) in [7, 11) is -1.67. The predicted molar refractivity (Wildman–Crippen MR) is 100 cm³/mol. The molecule has 0 aliphatic heterocycles. The SMILES string of the molecule is Cc1ccc(S(=O)(=O)NCCNC(=O)CCc2c(C)nn(C)c2C)cc1. The molecule has 1 aromatic carbocycles. The van der Waals surface area contributed by atoms with E-state index in [0.29, 0.717) is 12.8 Å². The van der Waals surface area contributed by atoms with Crippen LogP contribution in [-0.4, -0.2) is 37.2 Å². The van der Waals surface area contributed by atoms with Crippen molar-refractivity contribution in [2.45, 2.75) is 38.5 Å². The number of benzene rings is 1. The molecule has 1 amide bonds. The van der Waals surface area contributed by atoms with Crippen molar-refractivity contribution in [3.8, 4) is 0 Å². The zero-order valence-corrected chi connectivity index (χ0v) is 16.5. The van der Waals surface area contributed by atoms with Gasteiger partial charge in [-0.15, -0.1) is 0 Å². The molecule has 0 atom stereocenters. The normalized spacial score (nSPS) is 11.5. The number of carbonyl (C=O) groups is 1. The summed E-state index contributed by atoms with van der Waals surface area (Å²) in [6, 6.07) is 6.63. The first kappa shape index (κ1) is 20.1. The summed E-state index contributed by atoms with van der Waals surface area (Å²) in [4.78, 5) is 12.2. The van der Waals surface area contributed by atoms with Gasteiger partial charge >= 0.3 is 0 Å². The average molecular weight is 378 g/mol. The van der Waals surface area contributed by atoms with Crippen LogP contribution in [0.1, 0.15) is 28.9 Å². The van der Waals surface area contributed by atoms with E-state index in [4.69, 9.17) is 0 Å². The van der Waals surface area contributed by atoms with Gasteiger partial charge in [0.05, 0.1) is 10.6 Å². The van der Waals surface area contributed by atoms with Gasteiger partial charge in [0, 0.05) is 32.3 Å². The first-order chi connectivity index (χ1) is 12.2. The van der Waals surface area contributed by atoms with E-state index < -0.39 is 10.0 Å². The fourth-order valence-electron chi connectivity index (χ4n) is 2.69. The predicted octanol–water partition coefficient (Wildman–Crippen LogP) is 1.37. The van der Waals surface area contributed by atoms with Crippen LogP contribution in [0.3, 0.4) is 0 Å². The third-order valence-corrected chi connectivity index (χ3v) is 5.81. The van der Waals surface area contributed by atoms with Crippen LogP contribution in [0.15, 0.2) is 29.2 Å². The van der Waals surface area contributed by atoms with E-state index >= 15 is 0 Å². The maximum Gasteiger partial charge on any atom is 0.240 e. The number of hydrogen-bond acceptors (Lipinski definition) is 4. The molecule has 0 aliphatic carbocycles. The van der Waals surface area contributed by atoms with E-state index in [-0.39, 0.29) is 23.9 Å². The maximum atomic E-state index is 12.1. The lowest BCUT2D eigenvalue weighted by atomic mass is 10.1. The summed E-state index contributed by atoms with van der Waals surface area (Å²) in [6.45, 7) is 6.20. The minimum Gasteiger partial charge on any atom is -0.355 e. The topological polar surface area (TPSA) is 93.1 Å². The molecule has 0 bridgehead atoms. The van der Waals surface area contributed by atoms with Gasteiger partial charge in [-0.3, -0.25) is 9.48 Å².